The zero-order chi connectivity index (χ0) is 40.9. The summed E-state index contributed by atoms with van der Waals surface area (Å²) in [6, 6.07) is 72.7. The molecule has 0 aliphatic heterocycles. The standard InChI is InChI=1S/C57H40N4/c1-57(2)50-30-13-12-29-46(50)48-34-49-47(42-25-14-23-40(31-42)37-17-6-3-7-18-37)35-52(58-53(49)36-51(48)57)43-26-16-28-45(33-43)56-60-54(39-21-10-5-11-22-39)59-55(61-56)44-27-15-24-41(32-44)38-19-8-4-9-20-38/h3-36H,1-2H3. The van der Waals surface area contributed by atoms with Gasteiger partial charge in [-0.3, -0.25) is 0 Å². The van der Waals surface area contributed by atoms with Crippen molar-refractivity contribution in [1.82, 2.24) is 19.9 Å². The van der Waals surface area contributed by atoms with Crippen LogP contribution in [0.4, 0.5) is 0 Å². The topological polar surface area (TPSA) is 51.6 Å². The van der Waals surface area contributed by atoms with Crippen LogP contribution in [0.25, 0.3) is 101 Å². The van der Waals surface area contributed by atoms with Crippen LogP contribution in [0.15, 0.2) is 206 Å². The van der Waals surface area contributed by atoms with Crippen molar-refractivity contribution in [2.45, 2.75) is 19.3 Å². The van der Waals surface area contributed by atoms with E-state index in [0.29, 0.717) is 17.5 Å². The molecule has 61 heavy (non-hydrogen) atoms. The zero-order valence-electron chi connectivity index (χ0n) is 33.9. The molecule has 0 unspecified atom stereocenters. The number of nitrogens with zero attached hydrogens (tertiary/aromatic N) is 4. The van der Waals surface area contributed by atoms with Gasteiger partial charge in [-0.2, -0.15) is 0 Å². The summed E-state index contributed by atoms with van der Waals surface area (Å²) in [4.78, 5) is 20.8. The Morgan fingerprint density at radius 1 is 0.295 bits per heavy atom. The minimum atomic E-state index is -0.154. The van der Waals surface area contributed by atoms with Gasteiger partial charge in [-0.15, -0.1) is 0 Å². The maximum Gasteiger partial charge on any atom is 0.164 e. The highest BCUT2D eigenvalue weighted by molar-refractivity contribution is 6.02. The minimum absolute atomic E-state index is 0.154. The van der Waals surface area contributed by atoms with Gasteiger partial charge in [0.05, 0.1) is 11.2 Å². The lowest BCUT2D eigenvalue weighted by Gasteiger charge is -2.22. The van der Waals surface area contributed by atoms with E-state index in [2.05, 4.69) is 184 Å². The van der Waals surface area contributed by atoms with Crippen LogP contribution in [-0.4, -0.2) is 19.9 Å². The summed E-state index contributed by atoms with van der Waals surface area (Å²) in [6.45, 7) is 4.65. The molecule has 1 aliphatic carbocycles. The molecule has 0 amide bonds. The first kappa shape index (κ1) is 36.3. The van der Waals surface area contributed by atoms with Crippen molar-refractivity contribution in [2.75, 3.05) is 0 Å². The Hall–Kier alpha value is -7.82. The first-order valence-electron chi connectivity index (χ1n) is 20.8. The number of hydrogen-bond acceptors (Lipinski definition) is 4. The minimum Gasteiger partial charge on any atom is -0.248 e. The molecule has 0 atom stereocenters. The normalized spacial score (nSPS) is 12.6. The predicted octanol–water partition coefficient (Wildman–Crippen LogP) is 14.4. The summed E-state index contributed by atoms with van der Waals surface area (Å²) in [5, 5.41) is 1.13. The Morgan fingerprint density at radius 3 is 1.38 bits per heavy atom. The van der Waals surface area contributed by atoms with Crippen molar-refractivity contribution in [2.24, 2.45) is 0 Å². The highest BCUT2D eigenvalue weighted by Gasteiger charge is 2.36. The van der Waals surface area contributed by atoms with Gasteiger partial charge in [-0.1, -0.05) is 184 Å². The number of fused-ring (bicyclic) bond motifs is 4. The fraction of sp³-hybridized carbons (Fsp3) is 0.0526. The van der Waals surface area contributed by atoms with Gasteiger partial charge in [0.25, 0.3) is 0 Å². The average Bonchev–Trinajstić information content (AvgIpc) is 3.56. The van der Waals surface area contributed by atoms with Crippen molar-refractivity contribution in [3.8, 4) is 89.9 Å². The summed E-state index contributed by atoms with van der Waals surface area (Å²) in [5.41, 5.74) is 17.5. The van der Waals surface area contributed by atoms with Gasteiger partial charge in [0.15, 0.2) is 17.5 Å². The van der Waals surface area contributed by atoms with E-state index in [1.54, 1.807) is 0 Å². The van der Waals surface area contributed by atoms with E-state index >= 15 is 0 Å². The number of pyridine rings is 1. The molecule has 0 saturated carbocycles. The van der Waals surface area contributed by atoms with Gasteiger partial charge < -0.3 is 0 Å². The molecule has 0 bridgehead atoms. The van der Waals surface area contributed by atoms with Crippen LogP contribution in [0.1, 0.15) is 25.0 Å². The Kier molecular flexibility index (Phi) is 8.79. The van der Waals surface area contributed by atoms with Crippen molar-refractivity contribution in [3.63, 3.8) is 0 Å². The molecule has 8 aromatic carbocycles. The van der Waals surface area contributed by atoms with E-state index in [4.69, 9.17) is 19.9 Å². The smallest absolute Gasteiger partial charge is 0.164 e. The van der Waals surface area contributed by atoms with Gasteiger partial charge in [0.2, 0.25) is 0 Å². The monoisotopic (exact) mass is 780 g/mol. The lowest BCUT2D eigenvalue weighted by atomic mass is 9.82. The summed E-state index contributed by atoms with van der Waals surface area (Å²) >= 11 is 0. The molecule has 0 saturated heterocycles. The fourth-order valence-electron chi connectivity index (χ4n) is 8.94. The third kappa shape index (κ3) is 6.59. The molecule has 11 rings (SSSR count). The molecular weight excluding hydrogens is 741 g/mol. The molecule has 0 radical (unpaired) electrons. The maximum absolute atomic E-state index is 5.47. The van der Waals surface area contributed by atoms with Crippen molar-refractivity contribution in [1.29, 1.82) is 0 Å². The summed E-state index contributed by atoms with van der Waals surface area (Å²) in [6.07, 6.45) is 0. The molecule has 288 valence electrons. The van der Waals surface area contributed by atoms with E-state index in [9.17, 15) is 0 Å². The molecule has 0 N–H and O–H groups in total. The molecule has 0 spiro atoms. The Bertz CT molecular complexity index is 3260. The zero-order valence-corrected chi connectivity index (χ0v) is 33.9. The van der Waals surface area contributed by atoms with Gasteiger partial charge >= 0.3 is 0 Å². The first-order valence-corrected chi connectivity index (χ1v) is 20.8. The maximum atomic E-state index is 5.47. The van der Waals surface area contributed by atoms with Crippen LogP contribution in [0.5, 0.6) is 0 Å². The van der Waals surface area contributed by atoms with Gasteiger partial charge in [0, 0.05) is 33.1 Å². The Labute approximate surface area is 356 Å². The summed E-state index contributed by atoms with van der Waals surface area (Å²) in [5.74, 6) is 1.84. The lowest BCUT2D eigenvalue weighted by molar-refractivity contribution is 0.661. The fourth-order valence-corrected chi connectivity index (χ4v) is 8.94. The van der Waals surface area contributed by atoms with E-state index in [0.717, 1.165) is 61.1 Å². The number of benzene rings is 8. The quantitative estimate of drug-likeness (QED) is 0.162. The van der Waals surface area contributed by atoms with Crippen LogP contribution in [-0.2, 0) is 5.41 Å². The molecule has 4 nitrogen and oxygen atoms in total. The van der Waals surface area contributed by atoms with E-state index in [1.165, 1.54) is 33.4 Å². The van der Waals surface area contributed by atoms with E-state index in [-0.39, 0.29) is 5.41 Å². The number of aromatic nitrogens is 4. The van der Waals surface area contributed by atoms with Crippen LogP contribution in [0, 0.1) is 0 Å². The van der Waals surface area contributed by atoms with Crippen LogP contribution in [0.3, 0.4) is 0 Å². The number of rotatable bonds is 7. The predicted molar refractivity (Wildman–Crippen MR) is 251 cm³/mol. The second-order valence-corrected chi connectivity index (χ2v) is 16.3. The second kappa shape index (κ2) is 14.8. The van der Waals surface area contributed by atoms with Crippen molar-refractivity contribution in [3.05, 3.63) is 217 Å². The molecule has 2 aromatic heterocycles. The molecular formula is C57H40N4. The SMILES string of the molecule is CC1(C)c2ccccc2-c2cc3c(-c4cccc(-c5ccccc5)c4)cc(-c4cccc(-c5nc(-c6ccccc6)nc(-c6cccc(-c7ccccc7)c6)n5)c4)nc3cc21. The largest absolute Gasteiger partial charge is 0.248 e. The third-order valence-corrected chi connectivity index (χ3v) is 12.1. The summed E-state index contributed by atoms with van der Waals surface area (Å²) < 4.78 is 0. The second-order valence-electron chi connectivity index (χ2n) is 16.3. The molecule has 2 heterocycles. The first-order chi connectivity index (χ1) is 30.0. The van der Waals surface area contributed by atoms with Gasteiger partial charge in [-0.05, 0) is 92.0 Å². The highest BCUT2D eigenvalue weighted by Crippen LogP contribution is 2.50. The van der Waals surface area contributed by atoms with Crippen molar-refractivity contribution >= 4 is 10.9 Å². The van der Waals surface area contributed by atoms with Crippen LogP contribution < -0.4 is 0 Å². The number of hydrogen-bond donors (Lipinski definition) is 0. The molecule has 4 heteroatoms. The summed E-state index contributed by atoms with van der Waals surface area (Å²) in [7, 11) is 0. The molecule has 10 aromatic rings. The average molecular weight is 781 g/mol. The van der Waals surface area contributed by atoms with E-state index in [1.807, 2.05) is 36.4 Å². The third-order valence-electron chi connectivity index (χ3n) is 12.1. The lowest BCUT2D eigenvalue weighted by Crippen LogP contribution is -2.14. The Balaban J connectivity index is 1.08. The Morgan fingerprint density at radius 2 is 0.754 bits per heavy atom. The molecule has 1 aliphatic rings. The van der Waals surface area contributed by atoms with Crippen LogP contribution in [0.2, 0.25) is 0 Å². The van der Waals surface area contributed by atoms with Crippen molar-refractivity contribution < 1.29 is 0 Å². The molecule has 0 fully saturated rings. The van der Waals surface area contributed by atoms with Gasteiger partial charge in [0.1, 0.15) is 0 Å². The van der Waals surface area contributed by atoms with E-state index < -0.39 is 0 Å². The van der Waals surface area contributed by atoms with Gasteiger partial charge in [-0.25, -0.2) is 19.9 Å². The van der Waals surface area contributed by atoms with Crippen LogP contribution >= 0.6 is 0 Å². The highest BCUT2D eigenvalue weighted by atomic mass is 15.0.